The van der Waals surface area contributed by atoms with Gasteiger partial charge in [-0.15, -0.1) is 0 Å². The highest BCUT2D eigenvalue weighted by atomic mass is 15.2. The summed E-state index contributed by atoms with van der Waals surface area (Å²) in [5.74, 6) is 0. The van der Waals surface area contributed by atoms with Crippen LogP contribution >= 0.6 is 0 Å². The fraction of sp³-hybridized carbons (Fsp3) is 0.114. The Kier molecular flexibility index (Phi) is 8.87. The zero-order valence-electron chi connectivity index (χ0n) is 42.6. The predicted octanol–water partition coefficient (Wildman–Crippen LogP) is 19.8. The molecule has 0 spiro atoms. The molecule has 4 heteroatoms. The van der Waals surface area contributed by atoms with Crippen LogP contribution in [0.4, 0.5) is 34.1 Å². The average molecular weight is 951 g/mol. The highest BCUT2D eigenvalue weighted by Crippen LogP contribution is 2.55. The summed E-state index contributed by atoms with van der Waals surface area (Å²) < 4.78 is 5.29. The third-order valence-electron chi connectivity index (χ3n) is 16.1. The Morgan fingerprint density at radius 2 is 0.595 bits per heavy atom. The van der Waals surface area contributed by atoms with E-state index in [9.17, 15) is 0 Å². The van der Waals surface area contributed by atoms with Crippen LogP contribution in [0.2, 0.25) is 0 Å². The van der Waals surface area contributed by atoms with Gasteiger partial charge in [0, 0.05) is 65.8 Å². The Balaban J connectivity index is 1.19. The van der Waals surface area contributed by atoms with Crippen LogP contribution in [0.1, 0.15) is 52.7 Å². The molecule has 11 aromatic carbocycles. The largest absolute Gasteiger partial charge is 0.308 e. The normalized spacial score (nSPS) is 12.7. The van der Waals surface area contributed by atoms with Crippen molar-refractivity contribution >= 4 is 132 Å². The van der Waals surface area contributed by atoms with Gasteiger partial charge in [0.1, 0.15) is 0 Å². The van der Waals surface area contributed by atoms with Crippen molar-refractivity contribution < 1.29 is 0 Å². The Bertz CT molecular complexity index is 4330. The molecule has 0 saturated carbocycles. The average Bonchev–Trinajstić information content (AvgIpc) is 4.19. The first kappa shape index (κ1) is 42.8. The molecule has 0 amide bonds. The first-order valence-electron chi connectivity index (χ1n) is 26.1. The van der Waals surface area contributed by atoms with E-state index in [4.69, 9.17) is 0 Å². The summed E-state index contributed by atoms with van der Waals surface area (Å²) in [4.78, 5) is 4.96. The molecule has 0 bridgehead atoms. The molecule has 0 saturated heterocycles. The van der Waals surface area contributed by atoms with E-state index in [0.717, 1.165) is 34.1 Å². The first-order valence-corrected chi connectivity index (χ1v) is 26.1. The van der Waals surface area contributed by atoms with Crippen LogP contribution in [-0.2, 0) is 10.8 Å². The minimum absolute atomic E-state index is 0.113. The van der Waals surface area contributed by atoms with Gasteiger partial charge in [-0.1, -0.05) is 163 Å². The summed E-state index contributed by atoms with van der Waals surface area (Å²) in [6, 6.07) is 81.7. The van der Waals surface area contributed by atoms with E-state index < -0.39 is 0 Å². The van der Waals surface area contributed by atoms with Crippen molar-refractivity contribution in [1.29, 1.82) is 0 Å². The van der Waals surface area contributed by atoms with Gasteiger partial charge in [0.05, 0.1) is 44.5 Å². The molecule has 0 aliphatic heterocycles. The molecule has 0 radical (unpaired) electrons. The predicted molar refractivity (Wildman–Crippen MR) is 318 cm³/mol. The van der Waals surface area contributed by atoms with Gasteiger partial charge in [0.15, 0.2) is 0 Å². The second kappa shape index (κ2) is 15.3. The quantitative estimate of drug-likeness (QED) is 0.165. The lowest BCUT2D eigenvalue weighted by molar-refractivity contribution is 0.591. The molecule has 0 aliphatic carbocycles. The molecule has 0 unspecified atom stereocenters. The molecule has 0 fully saturated rings. The van der Waals surface area contributed by atoms with Crippen molar-refractivity contribution in [3.63, 3.8) is 0 Å². The second-order valence-electron chi connectivity index (χ2n) is 22.6. The minimum Gasteiger partial charge on any atom is -0.308 e. The van der Waals surface area contributed by atoms with Crippen molar-refractivity contribution in [3.8, 4) is 0 Å². The Morgan fingerprint density at radius 1 is 0.284 bits per heavy atom. The third kappa shape index (κ3) is 5.97. The first-order chi connectivity index (χ1) is 36.0. The summed E-state index contributed by atoms with van der Waals surface area (Å²) in [6.45, 7) is 14.1. The van der Waals surface area contributed by atoms with Crippen LogP contribution in [0.15, 0.2) is 218 Å². The number of fused-ring (bicyclic) bond motifs is 17. The topological polar surface area (TPSA) is 15.3 Å². The number of hydrogen-bond acceptors (Lipinski definition) is 2. The van der Waals surface area contributed by atoms with E-state index in [-0.39, 0.29) is 10.8 Å². The fourth-order valence-corrected chi connectivity index (χ4v) is 12.7. The van der Waals surface area contributed by atoms with Gasteiger partial charge in [-0.05, 0) is 141 Å². The fourth-order valence-electron chi connectivity index (χ4n) is 12.7. The van der Waals surface area contributed by atoms with E-state index in [2.05, 4.69) is 279 Å². The molecule has 0 atom stereocenters. The number of nitrogens with zero attached hydrogens (tertiary/aromatic N) is 4. The number of para-hydroxylation sites is 4. The highest BCUT2D eigenvalue weighted by Gasteiger charge is 2.32. The smallest absolute Gasteiger partial charge is 0.0783 e. The maximum atomic E-state index is 2.64. The van der Waals surface area contributed by atoms with Crippen LogP contribution in [0, 0.1) is 0 Å². The summed E-state index contributed by atoms with van der Waals surface area (Å²) >= 11 is 0. The Morgan fingerprint density at radius 3 is 0.932 bits per heavy atom. The van der Waals surface area contributed by atoms with Gasteiger partial charge >= 0.3 is 0 Å². The van der Waals surface area contributed by atoms with Gasteiger partial charge in [0.25, 0.3) is 0 Å². The van der Waals surface area contributed by atoms with Crippen LogP contribution in [0.3, 0.4) is 0 Å². The SMILES string of the molecule is CC(C)(C)c1cc(N(c2ccccc2)c2ccccc2)c2c(c1)c1cc3ccccc3c3c4c5c6c7ccccc7cc7c8cc(C(C)(C)C)cc(N(c9ccccc9)c9ccccc9)c8n(c5ccc4n2c13)c76. The Hall–Kier alpha value is -8.86. The summed E-state index contributed by atoms with van der Waals surface area (Å²) in [5, 5.41) is 15.3. The van der Waals surface area contributed by atoms with E-state index in [0.29, 0.717) is 0 Å². The van der Waals surface area contributed by atoms with Gasteiger partial charge in [-0.2, -0.15) is 0 Å². The molecule has 4 nitrogen and oxygen atoms in total. The molecule has 0 N–H and O–H groups in total. The zero-order chi connectivity index (χ0) is 49.8. The van der Waals surface area contributed by atoms with Gasteiger partial charge in [-0.25, -0.2) is 0 Å². The lowest BCUT2D eigenvalue weighted by atomic mass is 9.85. The molecule has 74 heavy (non-hydrogen) atoms. The van der Waals surface area contributed by atoms with Crippen molar-refractivity contribution in [2.45, 2.75) is 52.4 Å². The number of hydrogen-bond donors (Lipinski definition) is 0. The summed E-state index contributed by atoms with van der Waals surface area (Å²) in [5.41, 5.74) is 16.6. The van der Waals surface area contributed by atoms with Crippen molar-refractivity contribution in [1.82, 2.24) is 8.80 Å². The summed E-state index contributed by atoms with van der Waals surface area (Å²) in [6.07, 6.45) is 0. The molecule has 354 valence electrons. The number of benzene rings is 11. The molecule has 4 heterocycles. The van der Waals surface area contributed by atoms with Gasteiger partial charge in [-0.3, -0.25) is 0 Å². The van der Waals surface area contributed by atoms with E-state index >= 15 is 0 Å². The molecular formula is C70H54N4. The minimum atomic E-state index is -0.113. The molecule has 15 aromatic rings. The Labute approximate surface area is 430 Å². The monoisotopic (exact) mass is 950 g/mol. The van der Waals surface area contributed by atoms with Gasteiger partial charge < -0.3 is 18.6 Å². The maximum absolute atomic E-state index is 2.64. The van der Waals surface area contributed by atoms with Crippen molar-refractivity contribution in [2.24, 2.45) is 0 Å². The van der Waals surface area contributed by atoms with Crippen LogP contribution in [-0.4, -0.2) is 8.80 Å². The highest BCUT2D eigenvalue weighted by molar-refractivity contribution is 6.43. The number of aromatic nitrogens is 2. The van der Waals surface area contributed by atoms with Crippen molar-refractivity contribution in [3.05, 3.63) is 230 Å². The zero-order valence-corrected chi connectivity index (χ0v) is 42.6. The van der Waals surface area contributed by atoms with Crippen molar-refractivity contribution in [2.75, 3.05) is 9.80 Å². The lowest BCUT2D eigenvalue weighted by Crippen LogP contribution is -2.15. The lowest BCUT2D eigenvalue weighted by Gasteiger charge is -2.29. The molecule has 0 aliphatic rings. The number of rotatable bonds is 6. The second-order valence-corrected chi connectivity index (χ2v) is 22.6. The molecular weight excluding hydrogens is 897 g/mol. The van der Waals surface area contributed by atoms with Gasteiger partial charge in [0.2, 0.25) is 0 Å². The third-order valence-corrected chi connectivity index (χ3v) is 16.1. The van der Waals surface area contributed by atoms with Crippen LogP contribution in [0.5, 0.6) is 0 Å². The molecule has 4 aromatic heterocycles. The van der Waals surface area contributed by atoms with E-state index in [1.54, 1.807) is 0 Å². The summed E-state index contributed by atoms with van der Waals surface area (Å²) in [7, 11) is 0. The van der Waals surface area contributed by atoms with Crippen LogP contribution in [0.25, 0.3) is 97.7 Å². The maximum Gasteiger partial charge on any atom is 0.0783 e. The molecule has 15 rings (SSSR count). The van der Waals surface area contributed by atoms with Crippen LogP contribution < -0.4 is 9.80 Å². The standard InChI is InChI=1S/C70H54N4/c1-69(2,3)45-39-55-53-37-43-23-19-21-33-51(43)61-63-57(73(67(53)61)65(55)59(41-45)71(47-25-11-7-12-26-47)48-27-13-8-14-28-48)35-36-58-64(63)62-52-34-22-20-24-44(52)38-54-56-40-46(70(4,5)6)42-60(66(56)74(58)68(54)62)72(49-29-15-9-16-30-49)50-31-17-10-18-32-50/h7-42H,1-6H3. The number of anilines is 6. The van der Waals surface area contributed by atoms with E-state index in [1.807, 2.05) is 0 Å². The van der Waals surface area contributed by atoms with E-state index in [1.165, 1.54) is 109 Å².